The van der Waals surface area contributed by atoms with Gasteiger partial charge in [-0.2, -0.15) is 0 Å². The molecule has 0 spiro atoms. The summed E-state index contributed by atoms with van der Waals surface area (Å²) in [6.07, 6.45) is 6.38. The molecule has 0 saturated carbocycles. The van der Waals surface area contributed by atoms with Crippen LogP contribution in [0.5, 0.6) is 0 Å². The van der Waals surface area contributed by atoms with Crippen molar-refractivity contribution in [3.05, 3.63) is 12.2 Å². The van der Waals surface area contributed by atoms with Gasteiger partial charge in [0, 0.05) is 19.1 Å². The van der Waals surface area contributed by atoms with E-state index >= 15 is 0 Å². The second-order valence-electron chi connectivity index (χ2n) is 4.19. The first-order valence-corrected chi connectivity index (χ1v) is 6.05. The average molecular weight is 212 g/mol. The molecule has 0 aromatic carbocycles. The summed E-state index contributed by atoms with van der Waals surface area (Å²) in [4.78, 5) is 2.25. The third kappa shape index (κ3) is 4.78. The molecule has 1 atom stereocenters. The van der Waals surface area contributed by atoms with Crippen molar-refractivity contribution < 1.29 is 5.11 Å². The quantitative estimate of drug-likeness (QED) is 0.618. The van der Waals surface area contributed by atoms with Crippen LogP contribution in [0.15, 0.2) is 12.2 Å². The SMILES string of the molecule is CCN(CC)CC(O)CNC1CC=CC1. The van der Waals surface area contributed by atoms with Crippen LogP contribution in [0, 0.1) is 0 Å². The lowest BCUT2D eigenvalue weighted by molar-refractivity contribution is 0.114. The third-order valence-electron chi connectivity index (χ3n) is 3.01. The van der Waals surface area contributed by atoms with Crippen LogP contribution < -0.4 is 5.32 Å². The van der Waals surface area contributed by atoms with Gasteiger partial charge in [0.2, 0.25) is 0 Å². The summed E-state index contributed by atoms with van der Waals surface area (Å²) in [5.41, 5.74) is 0. The summed E-state index contributed by atoms with van der Waals surface area (Å²) in [5.74, 6) is 0. The van der Waals surface area contributed by atoms with Crippen molar-refractivity contribution in [2.75, 3.05) is 26.2 Å². The van der Waals surface area contributed by atoms with E-state index in [2.05, 4.69) is 36.2 Å². The zero-order valence-corrected chi connectivity index (χ0v) is 9.95. The Morgan fingerprint density at radius 2 is 1.93 bits per heavy atom. The molecule has 0 fully saturated rings. The largest absolute Gasteiger partial charge is 0.390 e. The Balaban J connectivity index is 2.09. The minimum atomic E-state index is -0.245. The van der Waals surface area contributed by atoms with Gasteiger partial charge in [0.05, 0.1) is 6.10 Å². The van der Waals surface area contributed by atoms with Gasteiger partial charge in [-0.25, -0.2) is 0 Å². The third-order valence-corrected chi connectivity index (χ3v) is 3.01. The van der Waals surface area contributed by atoms with Gasteiger partial charge in [-0.1, -0.05) is 26.0 Å². The van der Waals surface area contributed by atoms with E-state index in [4.69, 9.17) is 0 Å². The zero-order valence-electron chi connectivity index (χ0n) is 9.95. The normalized spacial score (nSPS) is 18.9. The lowest BCUT2D eigenvalue weighted by atomic mass is 10.2. The van der Waals surface area contributed by atoms with E-state index in [0.29, 0.717) is 12.6 Å². The summed E-state index contributed by atoms with van der Waals surface area (Å²) >= 11 is 0. The number of rotatable bonds is 7. The molecule has 0 aromatic rings. The Labute approximate surface area is 93.2 Å². The number of aliphatic hydroxyl groups excluding tert-OH is 1. The number of nitrogens with zero attached hydrogens (tertiary/aromatic N) is 1. The molecular formula is C12H24N2O. The Morgan fingerprint density at radius 1 is 1.33 bits per heavy atom. The molecule has 0 aliphatic heterocycles. The smallest absolute Gasteiger partial charge is 0.0791 e. The summed E-state index contributed by atoms with van der Waals surface area (Å²) in [7, 11) is 0. The summed E-state index contributed by atoms with van der Waals surface area (Å²) in [6.45, 7) is 7.77. The number of nitrogens with one attached hydrogen (secondary N) is 1. The highest BCUT2D eigenvalue weighted by atomic mass is 16.3. The van der Waals surface area contributed by atoms with Crippen molar-refractivity contribution in [2.24, 2.45) is 0 Å². The van der Waals surface area contributed by atoms with Crippen LogP contribution in [-0.4, -0.2) is 48.3 Å². The molecule has 1 aliphatic carbocycles. The van der Waals surface area contributed by atoms with E-state index < -0.39 is 0 Å². The van der Waals surface area contributed by atoms with Crippen molar-refractivity contribution in [1.82, 2.24) is 10.2 Å². The van der Waals surface area contributed by atoms with Crippen molar-refractivity contribution in [3.8, 4) is 0 Å². The van der Waals surface area contributed by atoms with Crippen molar-refractivity contribution in [3.63, 3.8) is 0 Å². The van der Waals surface area contributed by atoms with Crippen LogP contribution in [0.4, 0.5) is 0 Å². The van der Waals surface area contributed by atoms with E-state index in [1.165, 1.54) is 0 Å². The molecule has 0 radical (unpaired) electrons. The number of likely N-dealkylation sites (N-methyl/N-ethyl adjacent to an activating group) is 1. The summed E-state index contributed by atoms with van der Waals surface area (Å²) < 4.78 is 0. The van der Waals surface area contributed by atoms with Gasteiger partial charge in [0.15, 0.2) is 0 Å². The molecular weight excluding hydrogens is 188 g/mol. The molecule has 1 rings (SSSR count). The molecule has 2 N–H and O–H groups in total. The highest BCUT2D eigenvalue weighted by molar-refractivity contribution is 4.97. The highest BCUT2D eigenvalue weighted by Gasteiger charge is 2.13. The second kappa shape index (κ2) is 6.99. The van der Waals surface area contributed by atoms with Gasteiger partial charge in [-0.05, 0) is 25.9 Å². The Hall–Kier alpha value is -0.380. The summed E-state index contributed by atoms with van der Waals surface area (Å²) in [6, 6.07) is 0.552. The topological polar surface area (TPSA) is 35.5 Å². The van der Waals surface area contributed by atoms with Gasteiger partial charge in [-0.3, -0.25) is 0 Å². The second-order valence-corrected chi connectivity index (χ2v) is 4.19. The molecule has 0 bridgehead atoms. The predicted molar refractivity (Wildman–Crippen MR) is 64.0 cm³/mol. The first-order valence-electron chi connectivity index (χ1n) is 6.05. The molecule has 0 amide bonds. The van der Waals surface area contributed by atoms with Crippen molar-refractivity contribution in [2.45, 2.75) is 38.8 Å². The van der Waals surface area contributed by atoms with E-state index in [0.717, 1.165) is 32.5 Å². The first-order chi connectivity index (χ1) is 7.26. The molecule has 88 valence electrons. The predicted octanol–water partition coefficient (Wildman–Crippen LogP) is 0.997. The fourth-order valence-corrected chi connectivity index (χ4v) is 1.93. The Morgan fingerprint density at radius 3 is 2.47 bits per heavy atom. The van der Waals surface area contributed by atoms with Crippen LogP contribution in [-0.2, 0) is 0 Å². The zero-order chi connectivity index (χ0) is 11.1. The van der Waals surface area contributed by atoms with Gasteiger partial charge in [0.25, 0.3) is 0 Å². The van der Waals surface area contributed by atoms with Crippen LogP contribution in [0.25, 0.3) is 0 Å². The molecule has 1 aliphatic rings. The highest BCUT2D eigenvalue weighted by Crippen LogP contribution is 2.08. The van der Waals surface area contributed by atoms with E-state index in [-0.39, 0.29) is 6.10 Å². The molecule has 3 nitrogen and oxygen atoms in total. The summed E-state index contributed by atoms with van der Waals surface area (Å²) in [5, 5.41) is 13.2. The first kappa shape index (κ1) is 12.7. The Bertz CT molecular complexity index is 182. The van der Waals surface area contributed by atoms with Gasteiger partial charge in [0.1, 0.15) is 0 Å². The fourth-order valence-electron chi connectivity index (χ4n) is 1.93. The lowest BCUT2D eigenvalue weighted by Gasteiger charge is -2.23. The van der Waals surface area contributed by atoms with Crippen LogP contribution in [0.2, 0.25) is 0 Å². The fraction of sp³-hybridized carbons (Fsp3) is 0.833. The molecule has 0 saturated heterocycles. The number of aliphatic hydroxyl groups is 1. The minimum absolute atomic E-state index is 0.245. The van der Waals surface area contributed by atoms with Crippen LogP contribution in [0.1, 0.15) is 26.7 Å². The van der Waals surface area contributed by atoms with Crippen LogP contribution >= 0.6 is 0 Å². The molecule has 15 heavy (non-hydrogen) atoms. The maximum absolute atomic E-state index is 9.82. The standard InChI is InChI=1S/C12H24N2O/c1-3-14(4-2)10-12(15)9-13-11-7-5-6-8-11/h5-6,11-13,15H,3-4,7-10H2,1-2H3. The van der Waals surface area contributed by atoms with Gasteiger partial charge < -0.3 is 15.3 Å². The monoisotopic (exact) mass is 212 g/mol. The maximum Gasteiger partial charge on any atom is 0.0791 e. The van der Waals surface area contributed by atoms with E-state index in [1.807, 2.05) is 0 Å². The van der Waals surface area contributed by atoms with Gasteiger partial charge >= 0.3 is 0 Å². The van der Waals surface area contributed by atoms with Crippen molar-refractivity contribution >= 4 is 0 Å². The van der Waals surface area contributed by atoms with Crippen LogP contribution in [0.3, 0.4) is 0 Å². The molecule has 3 heteroatoms. The number of hydrogen-bond donors (Lipinski definition) is 2. The average Bonchev–Trinajstić information content (AvgIpc) is 2.75. The van der Waals surface area contributed by atoms with E-state index in [9.17, 15) is 5.11 Å². The van der Waals surface area contributed by atoms with Gasteiger partial charge in [-0.15, -0.1) is 0 Å². The molecule has 0 aromatic heterocycles. The Kier molecular flexibility index (Phi) is 5.91. The number of hydrogen-bond acceptors (Lipinski definition) is 3. The lowest BCUT2D eigenvalue weighted by Crippen LogP contribution is -2.40. The molecule has 0 heterocycles. The maximum atomic E-state index is 9.82. The van der Waals surface area contributed by atoms with E-state index in [1.54, 1.807) is 0 Å². The van der Waals surface area contributed by atoms with Crippen molar-refractivity contribution in [1.29, 1.82) is 0 Å². The molecule has 1 unspecified atom stereocenters. The minimum Gasteiger partial charge on any atom is -0.390 e.